The lowest BCUT2D eigenvalue weighted by Gasteiger charge is -2.17. The van der Waals surface area contributed by atoms with Crippen LogP contribution in [-0.4, -0.2) is 25.8 Å². The van der Waals surface area contributed by atoms with E-state index in [1.54, 1.807) is 14.0 Å². The SMILES string of the molecule is CCOC(=O)C1CC=C(C)c2cc(OC)c(C)cc2O1. The minimum absolute atomic E-state index is 0.321. The molecule has 0 fully saturated rings. The number of hydrogen-bond donors (Lipinski definition) is 0. The molecule has 0 bridgehead atoms. The summed E-state index contributed by atoms with van der Waals surface area (Å²) in [5.41, 5.74) is 3.01. The molecule has 0 aromatic heterocycles. The first-order valence-electron chi connectivity index (χ1n) is 6.75. The van der Waals surface area contributed by atoms with Crippen LogP contribution in [0.15, 0.2) is 18.2 Å². The zero-order valence-corrected chi connectivity index (χ0v) is 12.4. The van der Waals surface area contributed by atoms with Gasteiger partial charge in [-0.05, 0) is 44.0 Å². The molecule has 0 aliphatic carbocycles. The summed E-state index contributed by atoms with van der Waals surface area (Å²) in [5, 5.41) is 0. The molecule has 1 aromatic carbocycles. The van der Waals surface area contributed by atoms with Gasteiger partial charge in [0.15, 0.2) is 6.10 Å². The molecule has 20 heavy (non-hydrogen) atoms. The molecule has 1 aliphatic rings. The smallest absolute Gasteiger partial charge is 0.347 e. The van der Waals surface area contributed by atoms with E-state index >= 15 is 0 Å². The van der Waals surface area contributed by atoms with E-state index in [-0.39, 0.29) is 5.97 Å². The van der Waals surface area contributed by atoms with Gasteiger partial charge in [0.05, 0.1) is 13.7 Å². The first-order chi connectivity index (χ1) is 9.56. The fourth-order valence-corrected chi connectivity index (χ4v) is 2.26. The first-order valence-corrected chi connectivity index (χ1v) is 6.75. The van der Waals surface area contributed by atoms with E-state index in [1.165, 1.54) is 0 Å². The molecule has 1 atom stereocenters. The molecule has 0 spiro atoms. The maximum atomic E-state index is 11.9. The second-order valence-electron chi connectivity index (χ2n) is 4.80. The highest BCUT2D eigenvalue weighted by Gasteiger charge is 2.25. The number of carbonyl (C=O) groups excluding carboxylic acids is 1. The Morgan fingerprint density at radius 3 is 2.80 bits per heavy atom. The largest absolute Gasteiger partial charge is 0.496 e. The Balaban J connectivity index is 2.38. The van der Waals surface area contributed by atoms with Crippen LogP contribution in [0.1, 0.15) is 31.4 Å². The van der Waals surface area contributed by atoms with E-state index in [0.29, 0.717) is 18.8 Å². The number of methoxy groups -OCH3 is 1. The van der Waals surface area contributed by atoms with Crippen molar-refractivity contribution >= 4 is 11.5 Å². The second-order valence-corrected chi connectivity index (χ2v) is 4.80. The van der Waals surface area contributed by atoms with Crippen molar-refractivity contribution in [3.63, 3.8) is 0 Å². The summed E-state index contributed by atoms with van der Waals surface area (Å²) in [5.74, 6) is 1.19. The number of hydrogen-bond acceptors (Lipinski definition) is 4. The van der Waals surface area contributed by atoms with Gasteiger partial charge in [0, 0.05) is 12.0 Å². The van der Waals surface area contributed by atoms with Crippen molar-refractivity contribution in [2.45, 2.75) is 33.3 Å². The number of rotatable bonds is 3. The summed E-state index contributed by atoms with van der Waals surface area (Å²) in [4.78, 5) is 11.9. The Bertz CT molecular complexity index is 546. The zero-order valence-electron chi connectivity index (χ0n) is 12.4. The number of benzene rings is 1. The van der Waals surface area contributed by atoms with E-state index in [0.717, 1.165) is 22.4 Å². The average Bonchev–Trinajstić information content (AvgIpc) is 2.58. The van der Waals surface area contributed by atoms with Crippen molar-refractivity contribution in [3.8, 4) is 11.5 Å². The van der Waals surface area contributed by atoms with Gasteiger partial charge in [-0.2, -0.15) is 0 Å². The maximum Gasteiger partial charge on any atom is 0.347 e. The van der Waals surface area contributed by atoms with Crippen LogP contribution in [0.4, 0.5) is 0 Å². The van der Waals surface area contributed by atoms with Gasteiger partial charge in [-0.1, -0.05) is 6.08 Å². The number of allylic oxidation sites excluding steroid dienone is 1. The van der Waals surface area contributed by atoms with Crippen molar-refractivity contribution in [3.05, 3.63) is 29.3 Å². The van der Waals surface area contributed by atoms with E-state index in [4.69, 9.17) is 14.2 Å². The minimum atomic E-state index is -0.584. The van der Waals surface area contributed by atoms with Crippen molar-refractivity contribution in [1.29, 1.82) is 0 Å². The molecule has 0 amide bonds. The van der Waals surface area contributed by atoms with Crippen LogP contribution in [0, 0.1) is 6.92 Å². The number of aryl methyl sites for hydroxylation is 1. The molecule has 4 heteroatoms. The molecular weight excluding hydrogens is 256 g/mol. The second kappa shape index (κ2) is 5.99. The average molecular weight is 276 g/mol. The van der Waals surface area contributed by atoms with Crippen LogP contribution in [0.3, 0.4) is 0 Å². The topological polar surface area (TPSA) is 44.8 Å². The highest BCUT2D eigenvalue weighted by atomic mass is 16.6. The van der Waals surface area contributed by atoms with Crippen molar-refractivity contribution < 1.29 is 19.0 Å². The fourth-order valence-electron chi connectivity index (χ4n) is 2.26. The highest BCUT2D eigenvalue weighted by Crippen LogP contribution is 2.36. The lowest BCUT2D eigenvalue weighted by molar-refractivity contribution is -0.151. The molecule has 1 aromatic rings. The van der Waals surface area contributed by atoms with Crippen LogP contribution >= 0.6 is 0 Å². The number of fused-ring (bicyclic) bond motifs is 1. The minimum Gasteiger partial charge on any atom is -0.496 e. The molecule has 0 saturated carbocycles. The van der Waals surface area contributed by atoms with Crippen molar-refractivity contribution in [2.75, 3.05) is 13.7 Å². The van der Waals surface area contributed by atoms with Gasteiger partial charge in [0.25, 0.3) is 0 Å². The summed E-state index contributed by atoms with van der Waals surface area (Å²) in [6.45, 7) is 6.10. The molecule has 1 heterocycles. The van der Waals surface area contributed by atoms with Gasteiger partial charge in [-0.15, -0.1) is 0 Å². The zero-order chi connectivity index (χ0) is 14.7. The van der Waals surface area contributed by atoms with E-state index in [2.05, 4.69) is 0 Å². The molecule has 4 nitrogen and oxygen atoms in total. The third kappa shape index (κ3) is 2.79. The predicted octanol–water partition coefficient (Wildman–Crippen LogP) is 3.12. The molecule has 108 valence electrons. The molecule has 0 N–H and O–H groups in total. The number of ether oxygens (including phenoxy) is 3. The van der Waals surface area contributed by atoms with Crippen molar-refractivity contribution in [2.24, 2.45) is 0 Å². The normalized spacial score (nSPS) is 17.4. The Labute approximate surface area is 119 Å². The number of esters is 1. The van der Waals surface area contributed by atoms with E-state index in [9.17, 15) is 4.79 Å². The fraction of sp³-hybridized carbons (Fsp3) is 0.438. The molecule has 0 saturated heterocycles. The predicted molar refractivity (Wildman–Crippen MR) is 77.0 cm³/mol. The Morgan fingerprint density at radius 1 is 1.40 bits per heavy atom. The van der Waals surface area contributed by atoms with E-state index < -0.39 is 6.10 Å². The highest BCUT2D eigenvalue weighted by molar-refractivity contribution is 5.79. The third-order valence-corrected chi connectivity index (χ3v) is 3.38. The van der Waals surface area contributed by atoms with Crippen LogP contribution in [0.25, 0.3) is 5.57 Å². The van der Waals surface area contributed by atoms with Crippen LogP contribution in [0.5, 0.6) is 11.5 Å². The third-order valence-electron chi connectivity index (χ3n) is 3.38. The Kier molecular flexibility index (Phi) is 4.32. The van der Waals surface area contributed by atoms with E-state index in [1.807, 2.05) is 32.1 Å². The summed E-state index contributed by atoms with van der Waals surface area (Å²) in [6, 6.07) is 3.85. The lowest BCUT2D eigenvalue weighted by atomic mass is 10.0. The van der Waals surface area contributed by atoms with Gasteiger partial charge in [-0.25, -0.2) is 4.79 Å². The van der Waals surface area contributed by atoms with Gasteiger partial charge < -0.3 is 14.2 Å². The molecule has 0 radical (unpaired) electrons. The van der Waals surface area contributed by atoms with Gasteiger partial charge in [-0.3, -0.25) is 0 Å². The Hall–Kier alpha value is -1.97. The first kappa shape index (κ1) is 14.4. The van der Waals surface area contributed by atoms with Crippen LogP contribution < -0.4 is 9.47 Å². The van der Waals surface area contributed by atoms with Crippen LogP contribution in [-0.2, 0) is 9.53 Å². The standard InChI is InChI=1S/C16H20O4/c1-5-19-16(17)13-7-6-10(2)12-9-14(18-4)11(3)8-15(12)20-13/h6,8-9,13H,5,7H2,1-4H3. The monoisotopic (exact) mass is 276 g/mol. The van der Waals surface area contributed by atoms with Crippen LogP contribution in [0.2, 0.25) is 0 Å². The van der Waals surface area contributed by atoms with Gasteiger partial charge >= 0.3 is 5.97 Å². The van der Waals surface area contributed by atoms with Crippen molar-refractivity contribution in [1.82, 2.24) is 0 Å². The quantitative estimate of drug-likeness (QED) is 0.796. The molecular formula is C16H20O4. The summed E-state index contributed by atoms with van der Waals surface area (Å²) >= 11 is 0. The Morgan fingerprint density at radius 2 is 2.15 bits per heavy atom. The molecule has 2 rings (SSSR count). The van der Waals surface area contributed by atoms with Gasteiger partial charge in [0.2, 0.25) is 0 Å². The number of carbonyl (C=O) groups is 1. The van der Waals surface area contributed by atoms with Gasteiger partial charge in [0.1, 0.15) is 11.5 Å². The summed E-state index contributed by atoms with van der Waals surface area (Å²) in [6.07, 6.45) is 1.93. The lowest BCUT2D eigenvalue weighted by Crippen LogP contribution is -2.28. The summed E-state index contributed by atoms with van der Waals surface area (Å²) < 4.78 is 16.2. The molecule has 1 aliphatic heterocycles. The maximum absolute atomic E-state index is 11.9. The molecule has 1 unspecified atom stereocenters. The summed E-state index contributed by atoms with van der Waals surface area (Å²) in [7, 11) is 1.65.